The summed E-state index contributed by atoms with van der Waals surface area (Å²) in [7, 11) is 0. The molecule has 0 unspecified atom stereocenters. The van der Waals surface area contributed by atoms with E-state index < -0.39 is 5.97 Å². The van der Waals surface area contributed by atoms with E-state index in [1.165, 1.54) is 22.3 Å². The summed E-state index contributed by atoms with van der Waals surface area (Å²) in [5.74, 6) is -0.740. The van der Waals surface area contributed by atoms with Crippen molar-refractivity contribution in [1.29, 1.82) is 0 Å². The van der Waals surface area contributed by atoms with Crippen LogP contribution in [0.25, 0.3) is 11.1 Å². The molecule has 0 aromatic heterocycles. The van der Waals surface area contributed by atoms with Gasteiger partial charge in [0.15, 0.2) is 0 Å². The normalized spacial score (nSPS) is 11.8. The first kappa shape index (κ1) is 12.7. The van der Waals surface area contributed by atoms with Gasteiger partial charge in [-0.3, -0.25) is 4.79 Å². The molecule has 102 valence electrons. The first-order valence-electron chi connectivity index (χ1n) is 6.91. The van der Waals surface area contributed by atoms with Crippen molar-refractivity contribution in [3.63, 3.8) is 0 Å². The first-order chi connectivity index (χ1) is 9.74. The summed E-state index contributed by atoms with van der Waals surface area (Å²) in [5, 5.41) is 11.9. The Morgan fingerprint density at radius 1 is 1.10 bits per heavy atom. The fourth-order valence-corrected chi connectivity index (χ4v) is 2.73. The van der Waals surface area contributed by atoms with Crippen LogP contribution in [0.3, 0.4) is 0 Å². The number of benzene rings is 2. The smallest absolute Gasteiger partial charge is 0.303 e. The highest BCUT2D eigenvalue weighted by atomic mass is 16.4. The zero-order chi connectivity index (χ0) is 13.9. The maximum Gasteiger partial charge on any atom is 0.303 e. The van der Waals surface area contributed by atoms with Crippen LogP contribution in [0.4, 0.5) is 5.69 Å². The molecule has 0 radical (unpaired) electrons. The second-order valence-corrected chi connectivity index (χ2v) is 5.13. The van der Waals surface area contributed by atoms with Gasteiger partial charge >= 0.3 is 5.97 Å². The van der Waals surface area contributed by atoms with Crippen LogP contribution in [0.1, 0.15) is 24.0 Å². The van der Waals surface area contributed by atoms with Gasteiger partial charge in [0.05, 0.1) is 0 Å². The topological polar surface area (TPSA) is 49.3 Å². The highest BCUT2D eigenvalue weighted by molar-refractivity contribution is 5.78. The van der Waals surface area contributed by atoms with E-state index in [4.69, 9.17) is 5.11 Å². The van der Waals surface area contributed by atoms with Crippen LogP contribution in [-0.2, 0) is 11.2 Å². The van der Waals surface area contributed by atoms with Gasteiger partial charge in [0.1, 0.15) is 0 Å². The minimum atomic E-state index is -0.740. The standard InChI is InChI=1S/C17H17NO2/c19-17(20)6-3-9-18-14-7-8-16-13(11-14)10-12-4-1-2-5-15(12)16/h1-2,4-5,7-8,11,18H,3,6,9-10H2,(H,19,20). The van der Waals surface area contributed by atoms with Gasteiger partial charge in [0.2, 0.25) is 0 Å². The Kier molecular flexibility index (Phi) is 3.42. The Balaban J connectivity index is 1.69. The average Bonchev–Trinajstić information content (AvgIpc) is 2.81. The van der Waals surface area contributed by atoms with Gasteiger partial charge < -0.3 is 10.4 Å². The van der Waals surface area contributed by atoms with Gasteiger partial charge in [-0.2, -0.15) is 0 Å². The molecule has 3 nitrogen and oxygen atoms in total. The lowest BCUT2D eigenvalue weighted by Gasteiger charge is -2.08. The molecule has 0 saturated carbocycles. The van der Waals surface area contributed by atoms with Crippen LogP contribution in [-0.4, -0.2) is 17.6 Å². The Hall–Kier alpha value is -2.29. The maximum atomic E-state index is 10.5. The monoisotopic (exact) mass is 267 g/mol. The maximum absolute atomic E-state index is 10.5. The molecule has 0 amide bonds. The first-order valence-corrected chi connectivity index (χ1v) is 6.91. The van der Waals surface area contributed by atoms with Crippen LogP contribution < -0.4 is 5.32 Å². The second-order valence-electron chi connectivity index (χ2n) is 5.13. The fraction of sp³-hybridized carbons (Fsp3) is 0.235. The summed E-state index contributed by atoms with van der Waals surface area (Å²) in [6.07, 6.45) is 1.84. The summed E-state index contributed by atoms with van der Waals surface area (Å²) in [6, 6.07) is 14.9. The van der Waals surface area contributed by atoms with E-state index in [1.807, 2.05) is 0 Å². The number of carbonyl (C=O) groups is 1. The van der Waals surface area contributed by atoms with Gasteiger partial charge in [-0.05, 0) is 47.2 Å². The SMILES string of the molecule is O=C(O)CCCNc1ccc2c(c1)Cc1ccccc1-2. The minimum absolute atomic E-state index is 0.212. The number of carboxylic acid groups (broad SMARTS) is 1. The number of fused-ring (bicyclic) bond motifs is 3. The molecule has 0 fully saturated rings. The van der Waals surface area contributed by atoms with Gasteiger partial charge in [-0.15, -0.1) is 0 Å². The van der Waals surface area contributed by atoms with Crippen molar-refractivity contribution in [2.45, 2.75) is 19.3 Å². The lowest BCUT2D eigenvalue weighted by atomic mass is 10.1. The minimum Gasteiger partial charge on any atom is -0.481 e. The van der Waals surface area contributed by atoms with Crippen LogP contribution in [0.5, 0.6) is 0 Å². The van der Waals surface area contributed by atoms with Crippen molar-refractivity contribution < 1.29 is 9.90 Å². The molecule has 0 bridgehead atoms. The number of hydrogen-bond acceptors (Lipinski definition) is 2. The number of aliphatic carboxylic acids is 1. The third-order valence-corrected chi connectivity index (χ3v) is 3.69. The third kappa shape index (κ3) is 2.52. The molecular weight excluding hydrogens is 250 g/mol. The molecule has 1 aliphatic carbocycles. The van der Waals surface area contributed by atoms with Crippen LogP contribution in [0.15, 0.2) is 42.5 Å². The van der Waals surface area contributed by atoms with Gasteiger partial charge in [-0.1, -0.05) is 30.3 Å². The number of hydrogen-bond donors (Lipinski definition) is 2. The Morgan fingerprint density at radius 2 is 1.90 bits per heavy atom. The molecule has 2 aromatic carbocycles. The zero-order valence-electron chi connectivity index (χ0n) is 11.2. The average molecular weight is 267 g/mol. The van der Waals surface area contributed by atoms with E-state index >= 15 is 0 Å². The number of anilines is 1. The predicted molar refractivity (Wildman–Crippen MR) is 80.0 cm³/mol. The van der Waals surface area contributed by atoms with Gasteiger partial charge in [0.25, 0.3) is 0 Å². The molecule has 1 aliphatic rings. The van der Waals surface area contributed by atoms with E-state index in [0.29, 0.717) is 13.0 Å². The van der Waals surface area contributed by atoms with Crippen LogP contribution >= 0.6 is 0 Å². The Morgan fingerprint density at radius 3 is 2.75 bits per heavy atom. The van der Waals surface area contributed by atoms with E-state index in [1.54, 1.807) is 0 Å². The second kappa shape index (κ2) is 5.37. The lowest BCUT2D eigenvalue weighted by molar-refractivity contribution is -0.137. The summed E-state index contributed by atoms with van der Waals surface area (Å²) in [5.41, 5.74) is 6.44. The summed E-state index contributed by atoms with van der Waals surface area (Å²) in [6.45, 7) is 0.692. The van der Waals surface area contributed by atoms with Crippen LogP contribution in [0, 0.1) is 0 Å². The molecule has 0 atom stereocenters. The largest absolute Gasteiger partial charge is 0.481 e. The molecule has 3 rings (SSSR count). The van der Waals surface area contributed by atoms with E-state index in [2.05, 4.69) is 47.8 Å². The molecular formula is C17H17NO2. The molecule has 20 heavy (non-hydrogen) atoms. The van der Waals surface area contributed by atoms with Crippen molar-refractivity contribution >= 4 is 11.7 Å². The zero-order valence-corrected chi connectivity index (χ0v) is 11.2. The van der Waals surface area contributed by atoms with E-state index in [-0.39, 0.29) is 6.42 Å². The molecule has 0 spiro atoms. The van der Waals surface area contributed by atoms with Gasteiger partial charge in [0, 0.05) is 18.7 Å². The van der Waals surface area contributed by atoms with E-state index in [0.717, 1.165) is 12.1 Å². The molecule has 0 saturated heterocycles. The summed E-state index contributed by atoms with van der Waals surface area (Å²) >= 11 is 0. The Bertz CT molecular complexity index is 649. The number of nitrogens with one attached hydrogen (secondary N) is 1. The quantitative estimate of drug-likeness (QED) is 0.695. The number of rotatable bonds is 5. The Labute approximate surface area is 118 Å². The van der Waals surface area contributed by atoms with Crippen LogP contribution in [0.2, 0.25) is 0 Å². The molecule has 0 heterocycles. The van der Waals surface area contributed by atoms with Crippen molar-refractivity contribution in [2.75, 3.05) is 11.9 Å². The molecule has 3 heteroatoms. The predicted octanol–water partition coefficient (Wildman–Crippen LogP) is 3.53. The third-order valence-electron chi connectivity index (χ3n) is 3.69. The van der Waals surface area contributed by atoms with Crippen molar-refractivity contribution in [2.24, 2.45) is 0 Å². The fourth-order valence-electron chi connectivity index (χ4n) is 2.73. The highest BCUT2D eigenvalue weighted by Gasteiger charge is 2.17. The summed E-state index contributed by atoms with van der Waals surface area (Å²) in [4.78, 5) is 10.5. The summed E-state index contributed by atoms with van der Waals surface area (Å²) < 4.78 is 0. The van der Waals surface area contributed by atoms with Gasteiger partial charge in [-0.25, -0.2) is 0 Å². The van der Waals surface area contributed by atoms with E-state index in [9.17, 15) is 4.79 Å². The highest BCUT2D eigenvalue weighted by Crippen LogP contribution is 2.37. The molecule has 2 N–H and O–H groups in total. The van der Waals surface area contributed by atoms with Crippen molar-refractivity contribution in [3.8, 4) is 11.1 Å². The molecule has 2 aromatic rings. The lowest BCUT2D eigenvalue weighted by Crippen LogP contribution is -2.04. The molecule has 0 aliphatic heterocycles. The van der Waals surface area contributed by atoms with Crippen molar-refractivity contribution in [3.05, 3.63) is 53.6 Å². The van der Waals surface area contributed by atoms with Crippen molar-refractivity contribution in [1.82, 2.24) is 0 Å². The number of carboxylic acids is 1.